The summed E-state index contributed by atoms with van der Waals surface area (Å²) in [6.45, 7) is 8.14. The predicted octanol–water partition coefficient (Wildman–Crippen LogP) is 1.79. The molecule has 2 fully saturated rings. The van der Waals surface area contributed by atoms with Crippen LogP contribution in [-0.2, 0) is 9.53 Å². The molecule has 0 radical (unpaired) electrons. The monoisotopic (exact) mass is 268 g/mol. The van der Waals surface area contributed by atoms with Crippen LogP contribution in [0.5, 0.6) is 0 Å². The first-order valence-electron chi connectivity index (χ1n) is 7.64. The van der Waals surface area contributed by atoms with Gasteiger partial charge in [-0.25, -0.2) is 0 Å². The third-order valence-electron chi connectivity index (χ3n) is 4.93. The second kappa shape index (κ2) is 5.80. The van der Waals surface area contributed by atoms with Gasteiger partial charge in [0.15, 0.2) is 0 Å². The van der Waals surface area contributed by atoms with E-state index in [1.165, 1.54) is 13.0 Å². The first-order chi connectivity index (χ1) is 9.02. The van der Waals surface area contributed by atoms with Crippen molar-refractivity contribution >= 4 is 5.97 Å². The van der Waals surface area contributed by atoms with Crippen LogP contribution in [0.3, 0.4) is 0 Å². The first kappa shape index (κ1) is 14.8. The van der Waals surface area contributed by atoms with Gasteiger partial charge in [0.1, 0.15) is 5.54 Å². The van der Waals surface area contributed by atoms with E-state index in [2.05, 4.69) is 24.1 Å². The van der Waals surface area contributed by atoms with Crippen molar-refractivity contribution in [2.45, 2.75) is 64.1 Å². The summed E-state index contributed by atoms with van der Waals surface area (Å²) in [5.74, 6) is 0.710. The van der Waals surface area contributed by atoms with Crippen molar-refractivity contribution in [1.29, 1.82) is 0 Å². The van der Waals surface area contributed by atoms with Crippen LogP contribution in [0.2, 0.25) is 0 Å². The molecule has 1 aliphatic heterocycles. The van der Waals surface area contributed by atoms with Crippen LogP contribution >= 0.6 is 0 Å². The van der Waals surface area contributed by atoms with Crippen LogP contribution in [0.1, 0.15) is 46.5 Å². The average Bonchev–Trinajstić information content (AvgIpc) is 2.94. The number of likely N-dealkylation sites (tertiary alicyclic amines) is 1. The quantitative estimate of drug-likeness (QED) is 0.789. The number of rotatable bonds is 4. The van der Waals surface area contributed by atoms with Crippen LogP contribution in [0, 0.1) is 5.92 Å². The van der Waals surface area contributed by atoms with Gasteiger partial charge < -0.3 is 10.1 Å². The molecule has 110 valence electrons. The Morgan fingerprint density at radius 1 is 1.47 bits per heavy atom. The molecule has 4 nitrogen and oxygen atoms in total. The zero-order valence-electron chi connectivity index (χ0n) is 12.7. The van der Waals surface area contributed by atoms with E-state index in [-0.39, 0.29) is 5.97 Å². The van der Waals surface area contributed by atoms with Crippen molar-refractivity contribution in [1.82, 2.24) is 10.2 Å². The van der Waals surface area contributed by atoms with Crippen molar-refractivity contribution in [3.05, 3.63) is 0 Å². The van der Waals surface area contributed by atoms with E-state index in [1.54, 1.807) is 0 Å². The number of likely N-dealkylation sites (N-methyl/N-ethyl adjacent to an activating group) is 1. The zero-order chi connectivity index (χ0) is 14.0. The van der Waals surface area contributed by atoms with Crippen molar-refractivity contribution in [3.8, 4) is 0 Å². The van der Waals surface area contributed by atoms with Gasteiger partial charge in [-0.2, -0.15) is 0 Å². The van der Waals surface area contributed by atoms with Gasteiger partial charge in [-0.1, -0.05) is 6.92 Å². The lowest BCUT2D eigenvalue weighted by Gasteiger charge is -2.31. The molecule has 0 spiro atoms. The lowest BCUT2D eigenvalue weighted by molar-refractivity contribution is -0.151. The fraction of sp³-hybridized carbons (Fsp3) is 0.933. The highest BCUT2D eigenvalue weighted by Gasteiger charge is 2.48. The lowest BCUT2D eigenvalue weighted by atomic mass is 9.97. The van der Waals surface area contributed by atoms with Gasteiger partial charge in [0.25, 0.3) is 0 Å². The summed E-state index contributed by atoms with van der Waals surface area (Å²) in [4.78, 5) is 14.8. The van der Waals surface area contributed by atoms with Crippen molar-refractivity contribution < 1.29 is 9.53 Å². The maximum Gasteiger partial charge on any atom is 0.326 e. The molecule has 4 atom stereocenters. The molecule has 1 saturated carbocycles. The fourth-order valence-corrected chi connectivity index (χ4v) is 3.93. The third kappa shape index (κ3) is 2.79. The van der Waals surface area contributed by atoms with Gasteiger partial charge in [-0.05, 0) is 52.5 Å². The number of ether oxygens (including phenoxy) is 1. The number of esters is 1. The van der Waals surface area contributed by atoms with Gasteiger partial charge in [0.05, 0.1) is 6.61 Å². The molecule has 0 bridgehead atoms. The summed E-state index contributed by atoms with van der Waals surface area (Å²) in [5, 5.41) is 3.24. The van der Waals surface area contributed by atoms with Gasteiger partial charge >= 0.3 is 5.97 Å². The van der Waals surface area contributed by atoms with E-state index >= 15 is 0 Å². The molecule has 0 aromatic rings. The van der Waals surface area contributed by atoms with E-state index in [4.69, 9.17) is 4.74 Å². The highest BCUT2D eigenvalue weighted by molar-refractivity contribution is 5.81. The summed E-state index contributed by atoms with van der Waals surface area (Å²) in [5.41, 5.74) is -0.452. The number of carbonyl (C=O) groups excluding carboxylic acids is 1. The smallest absolute Gasteiger partial charge is 0.326 e. The third-order valence-corrected chi connectivity index (χ3v) is 4.93. The maximum atomic E-state index is 12.2. The Bertz CT molecular complexity index is 334. The molecule has 2 rings (SSSR count). The summed E-state index contributed by atoms with van der Waals surface area (Å²) < 4.78 is 5.26. The minimum Gasteiger partial charge on any atom is -0.465 e. The van der Waals surface area contributed by atoms with E-state index in [1.807, 2.05) is 14.0 Å². The number of carbonyl (C=O) groups is 1. The minimum absolute atomic E-state index is 0.0695. The molecule has 4 unspecified atom stereocenters. The molecule has 1 aliphatic carbocycles. The molecule has 19 heavy (non-hydrogen) atoms. The Morgan fingerprint density at radius 3 is 2.74 bits per heavy atom. The van der Waals surface area contributed by atoms with Crippen LogP contribution in [0.4, 0.5) is 0 Å². The van der Waals surface area contributed by atoms with E-state index in [0.717, 1.165) is 25.2 Å². The Hall–Kier alpha value is -0.610. The molecular weight excluding hydrogens is 240 g/mol. The van der Waals surface area contributed by atoms with Crippen molar-refractivity contribution in [2.75, 3.05) is 20.2 Å². The zero-order valence-corrected chi connectivity index (χ0v) is 12.7. The highest BCUT2D eigenvalue weighted by Crippen LogP contribution is 2.38. The molecule has 0 aromatic heterocycles. The van der Waals surface area contributed by atoms with Gasteiger partial charge in [0.2, 0.25) is 0 Å². The summed E-state index contributed by atoms with van der Waals surface area (Å²) in [6.07, 6.45) is 4.16. The van der Waals surface area contributed by atoms with E-state index < -0.39 is 5.54 Å². The lowest BCUT2D eigenvalue weighted by Crippen LogP contribution is -2.50. The largest absolute Gasteiger partial charge is 0.465 e. The van der Waals surface area contributed by atoms with Gasteiger partial charge in [-0.3, -0.25) is 9.69 Å². The van der Waals surface area contributed by atoms with Gasteiger partial charge in [-0.15, -0.1) is 0 Å². The van der Waals surface area contributed by atoms with Crippen molar-refractivity contribution in [2.24, 2.45) is 5.92 Å². The number of hydrogen-bond donors (Lipinski definition) is 1. The fourth-order valence-electron chi connectivity index (χ4n) is 3.93. The molecule has 1 saturated heterocycles. The van der Waals surface area contributed by atoms with E-state index in [9.17, 15) is 4.79 Å². The topological polar surface area (TPSA) is 41.6 Å². The van der Waals surface area contributed by atoms with E-state index in [0.29, 0.717) is 18.7 Å². The van der Waals surface area contributed by atoms with Gasteiger partial charge in [0, 0.05) is 18.6 Å². The molecular formula is C15H28N2O2. The average molecular weight is 268 g/mol. The summed E-state index contributed by atoms with van der Waals surface area (Å²) >= 11 is 0. The molecule has 1 heterocycles. The first-order valence-corrected chi connectivity index (χ1v) is 7.64. The molecule has 1 N–H and O–H groups in total. The Kier molecular flexibility index (Phi) is 4.51. The van der Waals surface area contributed by atoms with Crippen LogP contribution in [-0.4, -0.2) is 48.7 Å². The van der Waals surface area contributed by atoms with Crippen LogP contribution < -0.4 is 5.32 Å². The Balaban J connectivity index is 2.03. The number of nitrogens with one attached hydrogen (secondary N) is 1. The summed E-state index contributed by atoms with van der Waals surface area (Å²) in [6, 6.07) is 1.17. The number of nitrogens with zero attached hydrogens (tertiary/aromatic N) is 1. The second-order valence-electron chi connectivity index (χ2n) is 6.34. The highest BCUT2D eigenvalue weighted by atomic mass is 16.5. The normalized spacial score (nSPS) is 39.7. The molecule has 0 aromatic carbocycles. The summed E-state index contributed by atoms with van der Waals surface area (Å²) in [7, 11) is 1.88. The minimum atomic E-state index is -0.452. The molecule has 4 heteroatoms. The SMILES string of the molecule is CCOC(=O)C1(NC)CCC(N2CC(C)CC2C)C1. The Labute approximate surface area is 116 Å². The standard InChI is InChI=1S/C15H28N2O2/c1-5-19-14(18)15(16-4)7-6-13(9-15)17-10-11(2)8-12(17)3/h11-13,16H,5-10H2,1-4H3. The maximum absolute atomic E-state index is 12.2. The van der Waals surface area contributed by atoms with Crippen LogP contribution in [0.25, 0.3) is 0 Å². The second-order valence-corrected chi connectivity index (χ2v) is 6.34. The van der Waals surface area contributed by atoms with Crippen molar-refractivity contribution in [3.63, 3.8) is 0 Å². The molecule has 2 aliphatic rings. The molecule has 0 amide bonds. The Morgan fingerprint density at radius 2 is 2.21 bits per heavy atom. The van der Waals surface area contributed by atoms with Crippen LogP contribution in [0.15, 0.2) is 0 Å². The predicted molar refractivity (Wildman–Crippen MR) is 76.0 cm³/mol. The number of hydrogen-bond acceptors (Lipinski definition) is 4.